The van der Waals surface area contributed by atoms with E-state index >= 15 is 0 Å². The van der Waals surface area contributed by atoms with Crippen LogP contribution in [0.4, 0.5) is 0 Å². The summed E-state index contributed by atoms with van der Waals surface area (Å²) >= 11 is 0. The maximum Gasteiger partial charge on any atom is 0.230 e. The fourth-order valence-corrected chi connectivity index (χ4v) is 6.52. The van der Waals surface area contributed by atoms with E-state index in [1.54, 1.807) is 11.2 Å². The number of rotatable bonds is 4. The van der Waals surface area contributed by atoms with Crippen molar-refractivity contribution in [3.05, 3.63) is 36.3 Å². The largest absolute Gasteiger partial charge is 0.467 e. The first-order chi connectivity index (χ1) is 14.1. The molecule has 3 saturated heterocycles. The van der Waals surface area contributed by atoms with Crippen LogP contribution in [0.25, 0.3) is 0 Å². The number of carbonyl (C=O) groups is 2. The van der Waals surface area contributed by atoms with Gasteiger partial charge < -0.3 is 24.7 Å². The van der Waals surface area contributed by atoms with Gasteiger partial charge in [0.2, 0.25) is 11.8 Å². The van der Waals surface area contributed by atoms with Crippen molar-refractivity contribution >= 4 is 11.8 Å². The van der Waals surface area contributed by atoms with E-state index in [1.165, 1.54) is 0 Å². The molecule has 0 radical (unpaired) electrons. The zero-order valence-electron chi connectivity index (χ0n) is 18.2. The van der Waals surface area contributed by atoms with Crippen LogP contribution in [-0.4, -0.2) is 52.1 Å². The summed E-state index contributed by atoms with van der Waals surface area (Å²) in [5.41, 5.74) is -0.556. The summed E-state index contributed by atoms with van der Waals surface area (Å²) in [7, 11) is 0. The second-order valence-electron chi connectivity index (χ2n) is 10.9. The van der Waals surface area contributed by atoms with Crippen LogP contribution < -0.4 is 10.6 Å². The van der Waals surface area contributed by atoms with Crippen molar-refractivity contribution in [1.29, 1.82) is 0 Å². The van der Waals surface area contributed by atoms with E-state index in [-0.39, 0.29) is 35.0 Å². The number of ether oxygens (including phenoxy) is 1. The van der Waals surface area contributed by atoms with Crippen molar-refractivity contribution in [2.75, 3.05) is 6.54 Å². The minimum absolute atomic E-state index is 0.0176. The van der Waals surface area contributed by atoms with Crippen molar-refractivity contribution in [2.45, 2.75) is 75.9 Å². The van der Waals surface area contributed by atoms with Gasteiger partial charge in [0.1, 0.15) is 11.4 Å². The molecule has 0 aromatic carbocycles. The Hall–Kier alpha value is -2.12. The zero-order valence-corrected chi connectivity index (χ0v) is 18.2. The van der Waals surface area contributed by atoms with Gasteiger partial charge in [-0.1, -0.05) is 12.2 Å². The normalized spacial score (nSPS) is 36.3. The first kappa shape index (κ1) is 19.8. The molecular formula is C23H32N3O4+. The van der Waals surface area contributed by atoms with Crippen LogP contribution in [0.2, 0.25) is 0 Å². The monoisotopic (exact) mass is 414 g/mol. The van der Waals surface area contributed by atoms with Crippen molar-refractivity contribution < 1.29 is 24.1 Å². The molecule has 4 aliphatic heterocycles. The molecule has 4 atom stereocenters. The number of hydrogen-bond donors (Lipinski definition) is 2. The van der Waals surface area contributed by atoms with Gasteiger partial charge in [0.15, 0.2) is 0 Å². The Labute approximate surface area is 177 Å². The van der Waals surface area contributed by atoms with Crippen LogP contribution in [-0.2, 0) is 20.9 Å². The van der Waals surface area contributed by atoms with Gasteiger partial charge >= 0.3 is 0 Å². The standard InChI is InChI=1S/C23H31N3O4/c1-21(2)10-14(11-22(3,4)25-21)24-19(27)17-16-7-8-23(30-16)13-26(20(28)18(17)23)12-15-6-5-9-29-15/h5-9,14,16-18,25H,10-13H2,1-4H3,(H,24,27)/p+1/t16-,17+,18-,23+/m1/s1. The Bertz CT molecular complexity index is 874. The number of nitrogens with two attached hydrogens (primary N) is 1. The molecule has 1 aromatic heterocycles. The molecule has 3 N–H and O–H groups in total. The van der Waals surface area contributed by atoms with Gasteiger partial charge in [-0.25, -0.2) is 0 Å². The summed E-state index contributed by atoms with van der Waals surface area (Å²) in [5.74, 6) is -0.263. The van der Waals surface area contributed by atoms with E-state index in [0.717, 1.165) is 18.6 Å². The highest BCUT2D eigenvalue weighted by atomic mass is 16.5. The van der Waals surface area contributed by atoms with Crippen LogP contribution in [0.3, 0.4) is 0 Å². The first-order valence-electron chi connectivity index (χ1n) is 10.9. The van der Waals surface area contributed by atoms with Crippen LogP contribution in [0, 0.1) is 11.8 Å². The molecule has 3 fully saturated rings. The van der Waals surface area contributed by atoms with Gasteiger partial charge in [0.05, 0.1) is 48.4 Å². The van der Waals surface area contributed by atoms with E-state index in [4.69, 9.17) is 9.15 Å². The number of fused-ring (bicyclic) bond motifs is 1. The molecule has 0 aliphatic carbocycles. The lowest BCUT2D eigenvalue weighted by Gasteiger charge is -2.43. The second kappa shape index (κ2) is 6.44. The van der Waals surface area contributed by atoms with Crippen LogP contribution in [0.5, 0.6) is 0 Å². The number of carbonyl (C=O) groups excluding carboxylic acids is 2. The average Bonchev–Trinajstić information content (AvgIpc) is 3.35. The molecule has 4 aliphatic rings. The molecular weight excluding hydrogens is 382 g/mol. The molecule has 0 saturated carbocycles. The molecule has 1 aromatic rings. The smallest absolute Gasteiger partial charge is 0.230 e. The lowest BCUT2D eigenvalue weighted by Crippen LogP contribution is -3.06. The lowest BCUT2D eigenvalue weighted by molar-refractivity contribution is -0.787. The number of furan rings is 1. The fourth-order valence-electron chi connectivity index (χ4n) is 6.52. The van der Waals surface area contributed by atoms with E-state index < -0.39 is 17.4 Å². The zero-order chi connectivity index (χ0) is 21.3. The van der Waals surface area contributed by atoms with E-state index in [0.29, 0.717) is 13.1 Å². The summed E-state index contributed by atoms with van der Waals surface area (Å²) in [6, 6.07) is 3.78. The maximum absolute atomic E-state index is 13.4. The summed E-state index contributed by atoms with van der Waals surface area (Å²) in [6.45, 7) is 9.75. The summed E-state index contributed by atoms with van der Waals surface area (Å²) in [4.78, 5) is 28.5. The minimum Gasteiger partial charge on any atom is -0.467 e. The van der Waals surface area contributed by atoms with E-state index in [9.17, 15) is 9.59 Å². The van der Waals surface area contributed by atoms with E-state index in [1.807, 2.05) is 24.3 Å². The third-order valence-corrected chi connectivity index (χ3v) is 7.08. The van der Waals surface area contributed by atoms with Gasteiger partial charge in [-0.05, 0) is 39.8 Å². The molecule has 162 valence electrons. The third-order valence-electron chi connectivity index (χ3n) is 7.08. The Morgan fingerprint density at radius 3 is 2.67 bits per heavy atom. The maximum atomic E-state index is 13.4. The highest BCUT2D eigenvalue weighted by Gasteiger charge is 2.67. The fraction of sp³-hybridized carbons (Fsp3) is 0.652. The van der Waals surface area contributed by atoms with Gasteiger partial charge in [-0.2, -0.15) is 0 Å². The van der Waals surface area contributed by atoms with Crippen LogP contribution in [0.15, 0.2) is 35.0 Å². The molecule has 5 rings (SSSR count). The Balaban J connectivity index is 1.33. The van der Waals surface area contributed by atoms with Gasteiger partial charge in [0.25, 0.3) is 0 Å². The topological polar surface area (TPSA) is 88.4 Å². The Morgan fingerprint density at radius 1 is 1.27 bits per heavy atom. The lowest BCUT2D eigenvalue weighted by atomic mass is 9.75. The van der Waals surface area contributed by atoms with Crippen molar-refractivity contribution in [1.82, 2.24) is 10.2 Å². The summed E-state index contributed by atoms with van der Waals surface area (Å²) < 4.78 is 11.7. The molecule has 7 nitrogen and oxygen atoms in total. The molecule has 30 heavy (non-hydrogen) atoms. The number of hydrogen-bond acceptors (Lipinski definition) is 4. The van der Waals surface area contributed by atoms with Crippen molar-refractivity contribution in [3.63, 3.8) is 0 Å². The quantitative estimate of drug-likeness (QED) is 0.719. The second-order valence-corrected chi connectivity index (χ2v) is 10.9. The van der Waals surface area contributed by atoms with E-state index in [2.05, 4.69) is 38.3 Å². The van der Waals surface area contributed by atoms with Crippen LogP contribution in [0.1, 0.15) is 46.3 Å². The molecule has 2 amide bonds. The number of piperidine rings is 1. The van der Waals surface area contributed by atoms with Gasteiger partial charge in [-0.15, -0.1) is 0 Å². The highest BCUT2D eigenvalue weighted by Crippen LogP contribution is 2.52. The van der Waals surface area contributed by atoms with Gasteiger partial charge in [-0.3, -0.25) is 9.59 Å². The van der Waals surface area contributed by atoms with Crippen molar-refractivity contribution in [3.8, 4) is 0 Å². The predicted molar refractivity (Wildman–Crippen MR) is 109 cm³/mol. The predicted octanol–water partition coefficient (Wildman–Crippen LogP) is 0.961. The Kier molecular flexibility index (Phi) is 4.25. The molecule has 2 bridgehead atoms. The number of nitrogens with zero attached hydrogens (tertiary/aromatic N) is 1. The number of quaternary nitrogens is 1. The Morgan fingerprint density at radius 2 is 2.00 bits per heavy atom. The number of nitrogens with one attached hydrogen (secondary N) is 1. The van der Waals surface area contributed by atoms with Gasteiger partial charge in [0, 0.05) is 18.9 Å². The SMILES string of the molecule is CC1(C)CC(NC(=O)[C@H]2[C@H]3C=C[C@@]4(CN(Cc5ccco5)C(=O)[C@@H]24)O3)CC(C)(C)[NH2+]1. The summed E-state index contributed by atoms with van der Waals surface area (Å²) in [5, 5.41) is 5.68. The first-order valence-corrected chi connectivity index (χ1v) is 10.9. The van der Waals surface area contributed by atoms with Crippen molar-refractivity contribution in [2.24, 2.45) is 11.8 Å². The molecule has 7 heteroatoms. The third kappa shape index (κ3) is 3.19. The molecule has 1 spiro atoms. The number of likely N-dealkylation sites (tertiary alicyclic amines) is 1. The number of amides is 2. The van der Waals surface area contributed by atoms with Crippen LogP contribution >= 0.6 is 0 Å². The molecule has 5 heterocycles. The molecule has 0 unspecified atom stereocenters. The average molecular weight is 415 g/mol. The highest BCUT2D eigenvalue weighted by molar-refractivity contribution is 5.93. The summed E-state index contributed by atoms with van der Waals surface area (Å²) in [6.07, 6.45) is 7.06. The minimum atomic E-state index is -0.685.